The van der Waals surface area contributed by atoms with Crippen molar-refractivity contribution in [2.45, 2.75) is 25.4 Å². The van der Waals surface area contributed by atoms with Crippen LogP contribution in [0, 0.1) is 11.3 Å². The number of hydrogen-bond acceptors (Lipinski definition) is 6. The van der Waals surface area contributed by atoms with Crippen LogP contribution in [0.3, 0.4) is 0 Å². The van der Waals surface area contributed by atoms with Crippen LogP contribution in [0.5, 0.6) is 0 Å². The second-order valence-electron chi connectivity index (χ2n) is 8.53. The minimum atomic E-state index is 0.201. The highest BCUT2D eigenvalue weighted by atomic mass is 15.1. The van der Waals surface area contributed by atoms with Gasteiger partial charge in [-0.15, -0.1) is 0 Å². The van der Waals surface area contributed by atoms with E-state index in [2.05, 4.69) is 79.8 Å². The Morgan fingerprint density at radius 3 is 2.41 bits per heavy atom. The van der Waals surface area contributed by atoms with Gasteiger partial charge in [0.05, 0.1) is 5.69 Å². The van der Waals surface area contributed by atoms with E-state index in [9.17, 15) is 0 Å². The second-order valence-corrected chi connectivity index (χ2v) is 8.53. The molecule has 168 valence electrons. The van der Waals surface area contributed by atoms with Gasteiger partial charge in [-0.3, -0.25) is 9.88 Å². The Balaban J connectivity index is 1.20. The molecule has 4 aromatic rings. The van der Waals surface area contributed by atoms with E-state index in [1.54, 1.807) is 6.20 Å². The number of benzene rings is 2. The Morgan fingerprint density at radius 1 is 0.853 bits per heavy atom. The van der Waals surface area contributed by atoms with Gasteiger partial charge in [-0.05, 0) is 36.1 Å². The highest BCUT2D eigenvalue weighted by Crippen LogP contribution is 2.30. The zero-order valence-corrected chi connectivity index (χ0v) is 18.9. The summed E-state index contributed by atoms with van der Waals surface area (Å²) in [5.74, 6) is 0.928. The molecule has 0 saturated carbocycles. The van der Waals surface area contributed by atoms with Crippen LogP contribution in [0.4, 0.5) is 5.82 Å². The van der Waals surface area contributed by atoms with Crippen molar-refractivity contribution < 1.29 is 0 Å². The molecule has 1 saturated heterocycles. The Bertz CT molecular complexity index is 1270. The number of pyridine rings is 1. The summed E-state index contributed by atoms with van der Waals surface area (Å²) in [5.41, 5.74) is 5.78. The molecule has 0 aliphatic carbocycles. The molecule has 2 aromatic carbocycles. The molecule has 0 unspecified atom stereocenters. The summed E-state index contributed by atoms with van der Waals surface area (Å²) < 4.78 is 0. The zero-order chi connectivity index (χ0) is 23.2. The lowest BCUT2D eigenvalue weighted by molar-refractivity contribution is 0.211. The molecule has 2 aromatic heterocycles. The summed E-state index contributed by atoms with van der Waals surface area (Å²) in [7, 11) is 0. The predicted molar refractivity (Wildman–Crippen MR) is 134 cm³/mol. The van der Waals surface area contributed by atoms with Gasteiger partial charge < -0.3 is 5.32 Å². The molecule has 0 radical (unpaired) electrons. The van der Waals surface area contributed by atoms with Crippen LogP contribution in [0.25, 0.3) is 22.4 Å². The van der Waals surface area contributed by atoms with Crippen LogP contribution in [0.1, 0.15) is 24.2 Å². The van der Waals surface area contributed by atoms with Gasteiger partial charge in [0.25, 0.3) is 0 Å². The van der Waals surface area contributed by atoms with Gasteiger partial charge >= 0.3 is 0 Å². The van der Waals surface area contributed by atoms with Crippen molar-refractivity contribution in [1.29, 1.82) is 5.26 Å². The number of rotatable bonds is 6. The van der Waals surface area contributed by atoms with Gasteiger partial charge in [0.2, 0.25) is 5.82 Å². The van der Waals surface area contributed by atoms with Crippen LogP contribution in [0.15, 0.2) is 85.2 Å². The minimum absolute atomic E-state index is 0.201. The van der Waals surface area contributed by atoms with Crippen LogP contribution in [0.2, 0.25) is 0 Å². The van der Waals surface area contributed by atoms with Crippen molar-refractivity contribution in [2.24, 2.45) is 0 Å². The number of nitriles is 1. The largest absolute Gasteiger partial charge is 0.367 e. The maximum atomic E-state index is 8.98. The number of piperidine rings is 1. The van der Waals surface area contributed by atoms with E-state index in [1.807, 2.05) is 30.5 Å². The first-order valence-corrected chi connectivity index (χ1v) is 11.6. The van der Waals surface area contributed by atoms with Crippen LogP contribution in [-0.4, -0.2) is 39.0 Å². The van der Waals surface area contributed by atoms with Crippen molar-refractivity contribution in [2.75, 3.05) is 18.4 Å². The standard InChI is InChI=1S/C28H26N6/c29-19-27-30-16-12-26(33-27)32-24-13-17-34(18-14-24)20-21-8-10-23(11-9-21)28-25(7-4-15-31-28)22-5-2-1-3-6-22/h1-12,15-16,24H,13-14,17-18,20H2,(H,30,32,33). The SMILES string of the molecule is N#Cc1nccc(NC2CCN(Cc3ccc(-c4ncccc4-c4ccccc4)cc3)CC2)n1. The molecule has 0 bridgehead atoms. The number of hydrogen-bond donors (Lipinski definition) is 1. The molecule has 34 heavy (non-hydrogen) atoms. The molecule has 0 amide bonds. The highest BCUT2D eigenvalue weighted by Gasteiger charge is 2.20. The lowest BCUT2D eigenvalue weighted by Gasteiger charge is -2.32. The zero-order valence-electron chi connectivity index (χ0n) is 18.9. The molecule has 1 aliphatic rings. The number of aromatic nitrogens is 3. The normalized spacial score (nSPS) is 14.4. The van der Waals surface area contributed by atoms with Gasteiger partial charge in [0.1, 0.15) is 11.9 Å². The van der Waals surface area contributed by atoms with Crippen molar-refractivity contribution in [3.8, 4) is 28.5 Å². The fraction of sp³-hybridized carbons (Fsp3) is 0.214. The molecule has 1 N–H and O–H groups in total. The van der Waals surface area contributed by atoms with E-state index in [0.29, 0.717) is 6.04 Å². The van der Waals surface area contributed by atoms with E-state index >= 15 is 0 Å². The quantitative estimate of drug-likeness (QED) is 0.441. The van der Waals surface area contributed by atoms with Gasteiger partial charge in [0, 0.05) is 49.2 Å². The number of nitrogens with zero attached hydrogens (tertiary/aromatic N) is 5. The molecular weight excluding hydrogens is 420 g/mol. The Kier molecular flexibility index (Phi) is 6.55. The average Bonchev–Trinajstić information content (AvgIpc) is 2.91. The van der Waals surface area contributed by atoms with E-state index in [1.165, 1.54) is 11.1 Å². The van der Waals surface area contributed by atoms with E-state index in [-0.39, 0.29) is 5.82 Å². The van der Waals surface area contributed by atoms with Crippen molar-refractivity contribution in [1.82, 2.24) is 19.9 Å². The minimum Gasteiger partial charge on any atom is -0.367 e. The van der Waals surface area contributed by atoms with Gasteiger partial charge in [-0.2, -0.15) is 5.26 Å². The first kappa shape index (κ1) is 21.7. The summed E-state index contributed by atoms with van der Waals surface area (Å²) in [4.78, 5) is 15.3. The van der Waals surface area contributed by atoms with Gasteiger partial charge in [-0.25, -0.2) is 9.97 Å². The monoisotopic (exact) mass is 446 g/mol. The third-order valence-electron chi connectivity index (χ3n) is 6.22. The van der Waals surface area contributed by atoms with E-state index < -0.39 is 0 Å². The fourth-order valence-electron chi connectivity index (χ4n) is 4.45. The molecule has 6 nitrogen and oxygen atoms in total. The van der Waals surface area contributed by atoms with Gasteiger partial charge in [-0.1, -0.05) is 60.7 Å². The molecular formula is C28H26N6. The summed E-state index contributed by atoms with van der Waals surface area (Å²) in [5, 5.41) is 12.4. The maximum absolute atomic E-state index is 8.98. The van der Waals surface area contributed by atoms with Gasteiger partial charge in [0.15, 0.2) is 0 Å². The summed E-state index contributed by atoms with van der Waals surface area (Å²) in [6.45, 7) is 2.98. The number of anilines is 1. The smallest absolute Gasteiger partial charge is 0.234 e. The summed E-state index contributed by atoms with van der Waals surface area (Å²) in [6, 6.07) is 27.5. The third-order valence-corrected chi connectivity index (χ3v) is 6.22. The van der Waals surface area contributed by atoms with Crippen LogP contribution >= 0.6 is 0 Å². The predicted octanol–water partition coefficient (Wildman–Crippen LogP) is 5.15. The Morgan fingerprint density at radius 2 is 1.65 bits per heavy atom. The topological polar surface area (TPSA) is 77.7 Å². The van der Waals surface area contributed by atoms with E-state index in [4.69, 9.17) is 5.26 Å². The fourth-order valence-corrected chi connectivity index (χ4v) is 4.45. The maximum Gasteiger partial charge on any atom is 0.234 e. The van der Waals surface area contributed by atoms with Crippen LogP contribution in [-0.2, 0) is 6.54 Å². The first-order valence-electron chi connectivity index (χ1n) is 11.6. The third kappa shape index (κ3) is 5.11. The molecule has 0 spiro atoms. The number of nitrogens with one attached hydrogen (secondary N) is 1. The number of likely N-dealkylation sites (tertiary alicyclic amines) is 1. The summed E-state index contributed by atoms with van der Waals surface area (Å²) in [6.07, 6.45) is 5.56. The Labute approximate surface area is 200 Å². The average molecular weight is 447 g/mol. The van der Waals surface area contributed by atoms with Crippen molar-refractivity contribution in [3.63, 3.8) is 0 Å². The van der Waals surface area contributed by atoms with Crippen molar-refractivity contribution in [3.05, 3.63) is 96.6 Å². The first-order chi connectivity index (χ1) is 16.8. The second kappa shape index (κ2) is 10.2. The molecule has 6 heteroatoms. The van der Waals surface area contributed by atoms with Crippen molar-refractivity contribution >= 4 is 5.82 Å². The highest BCUT2D eigenvalue weighted by molar-refractivity contribution is 5.80. The molecule has 3 heterocycles. The van der Waals surface area contributed by atoms with E-state index in [0.717, 1.165) is 55.1 Å². The lowest BCUT2D eigenvalue weighted by atomic mass is 9.98. The molecule has 1 fully saturated rings. The molecule has 5 rings (SSSR count). The summed E-state index contributed by atoms with van der Waals surface area (Å²) >= 11 is 0. The molecule has 0 atom stereocenters. The lowest BCUT2D eigenvalue weighted by Crippen LogP contribution is -2.38. The van der Waals surface area contributed by atoms with Crippen LogP contribution < -0.4 is 5.32 Å². The molecule has 1 aliphatic heterocycles. The Hall–Kier alpha value is -4.08.